The van der Waals surface area contributed by atoms with Crippen LogP contribution in [-0.2, 0) is 28.6 Å². The van der Waals surface area contributed by atoms with Crippen LogP contribution in [0.3, 0.4) is 0 Å². The lowest BCUT2D eigenvalue weighted by Crippen LogP contribution is -2.35. The van der Waals surface area contributed by atoms with E-state index in [1.165, 1.54) is 19.3 Å². The summed E-state index contributed by atoms with van der Waals surface area (Å²) in [4.78, 5) is 36.5. The van der Waals surface area contributed by atoms with E-state index >= 15 is 0 Å². The van der Waals surface area contributed by atoms with Gasteiger partial charge in [0.1, 0.15) is 18.1 Å². The number of hydrogen-bond acceptors (Lipinski definition) is 6. The van der Waals surface area contributed by atoms with Gasteiger partial charge in [0.25, 0.3) is 0 Å². The zero-order valence-electron chi connectivity index (χ0n) is 17.4. The minimum Gasteiger partial charge on any atom is -0.466 e. The van der Waals surface area contributed by atoms with Gasteiger partial charge in [-0.25, -0.2) is 0 Å². The molecule has 1 saturated carbocycles. The fourth-order valence-corrected chi connectivity index (χ4v) is 3.25. The molecule has 1 rings (SSSR count). The molecule has 0 amide bonds. The number of Topliss-reactive ketones (excluding diaryl/α,β-unsaturated/α-hetero) is 1. The van der Waals surface area contributed by atoms with Crippen LogP contribution in [-0.4, -0.2) is 43.1 Å². The van der Waals surface area contributed by atoms with Crippen LogP contribution >= 0.6 is 0 Å². The van der Waals surface area contributed by atoms with E-state index in [-0.39, 0.29) is 31.2 Å². The highest BCUT2D eigenvalue weighted by atomic mass is 16.6. The Labute approximate surface area is 163 Å². The molecule has 0 bridgehead atoms. The minimum atomic E-state index is -0.898. The minimum absolute atomic E-state index is 0.0835. The third kappa shape index (κ3) is 10.5. The first-order valence-electron chi connectivity index (χ1n) is 10.2. The number of carbonyl (C=O) groups is 3. The predicted molar refractivity (Wildman–Crippen MR) is 102 cm³/mol. The number of hydrogen-bond donors (Lipinski definition) is 0. The van der Waals surface area contributed by atoms with Crippen molar-refractivity contribution < 1.29 is 28.6 Å². The van der Waals surface area contributed by atoms with Crippen molar-refractivity contribution in [2.75, 3.05) is 19.8 Å². The molecule has 0 aromatic rings. The molecule has 1 atom stereocenters. The average Bonchev–Trinajstić information content (AvgIpc) is 2.58. The van der Waals surface area contributed by atoms with Crippen molar-refractivity contribution in [3.8, 4) is 0 Å². The Morgan fingerprint density at radius 1 is 1.07 bits per heavy atom. The van der Waals surface area contributed by atoms with E-state index in [4.69, 9.17) is 14.2 Å². The van der Waals surface area contributed by atoms with Crippen LogP contribution in [0.15, 0.2) is 0 Å². The summed E-state index contributed by atoms with van der Waals surface area (Å²) in [5.74, 6) is -1.52. The lowest BCUT2D eigenvalue weighted by molar-refractivity contribution is -0.163. The van der Waals surface area contributed by atoms with E-state index in [1.54, 1.807) is 27.7 Å². The van der Waals surface area contributed by atoms with E-state index < -0.39 is 17.5 Å². The molecule has 0 saturated heterocycles. The van der Waals surface area contributed by atoms with Gasteiger partial charge in [-0.15, -0.1) is 0 Å². The van der Waals surface area contributed by atoms with Crippen molar-refractivity contribution in [2.24, 2.45) is 11.8 Å². The van der Waals surface area contributed by atoms with Gasteiger partial charge in [-0.2, -0.15) is 0 Å². The molecule has 0 spiro atoms. The van der Waals surface area contributed by atoms with Crippen molar-refractivity contribution in [3.63, 3.8) is 0 Å². The van der Waals surface area contributed by atoms with Gasteiger partial charge in [-0.05, 0) is 59.3 Å². The molecule has 0 radical (unpaired) electrons. The molecule has 1 aliphatic rings. The highest BCUT2D eigenvalue weighted by molar-refractivity contribution is 5.99. The fourth-order valence-electron chi connectivity index (χ4n) is 3.25. The molecule has 1 aliphatic carbocycles. The van der Waals surface area contributed by atoms with Crippen LogP contribution in [0.25, 0.3) is 0 Å². The molecule has 1 fully saturated rings. The van der Waals surface area contributed by atoms with Gasteiger partial charge < -0.3 is 14.2 Å². The lowest BCUT2D eigenvalue weighted by Gasteiger charge is -2.24. The Balaban J connectivity index is 2.52. The van der Waals surface area contributed by atoms with Crippen molar-refractivity contribution >= 4 is 17.7 Å². The topological polar surface area (TPSA) is 78.9 Å². The molecule has 156 valence electrons. The van der Waals surface area contributed by atoms with Crippen LogP contribution in [0.2, 0.25) is 0 Å². The van der Waals surface area contributed by atoms with Gasteiger partial charge in [-0.3, -0.25) is 14.4 Å². The van der Waals surface area contributed by atoms with Gasteiger partial charge in [0, 0.05) is 13.0 Å². The molecular formula is C21H36O6. The molecule has 0 aliphatic heterocycles. The molecule has 6 nitrogen and oxygen atoms in total. The van der Waals surface area contributed by atoms with Gasteiger partial charge in [-0.1, -0.05) is 19.3 Å². The van der Waals surface area contributed by atoms with E-state index in [1.807, 2.05) is 0 Å². The van der Waals surface area contributed by atoms with Crippen LogP contribution in [0.1, 0.15) is 79.1 Å². The van der Waals surface area contributed by atoms with E-state index in [0.29, 0.717) is 25.6 Å². The Hall–Kier alpha value is -1.43. The summed E-state index contributed by atoms with van der Waals surface area (Å²) < 4.78 is 15.9. The first-order chi connectivity index (χ1) is 12.7. The van der Waals surface area contributed by atoms with E-state index in [9.17, 15) is 14.4 Å². The fraction of sp³-hybridized carbons (Fsp3) is 0.857. The lowest BCUT2D eigenvalue weighted by atomic mass is 9.90. The monoisotopic (exact) mass is 384 g/mol. The molecule has 1 unspecified atom stereocenters. The van der Waals surface area contributed by atoms with Crippen LogP contribution in [0, 0.1) is 11.8 Å². The number of ketones is 1. The molecule has 0 heterocycles. The summed E-state index contributed by atoms with van der Waals surface area (Å²) >= 11 is 0. The quantitative estimate of drug-likeness (QED) is 0.398. The largest absolute Gasteiger partial charge is 0.466 e. The van der Waals surface area contributed by atoms with Crippen molar-refractivity contribution in [2.45, 2.75) is 84.7 Å². The SMILES string of the molecule is CCOC(=O)CCCC(C(=O)COCC1CCCCC1)C(=O)OC(C)(C)C. The maximum absolute atomic E-state index is 12.6. The Morgan fingerprint density at radius 2 is 1.74 bits per heavy atom. The zero-order chi connectivity index (χ0) is 20.3. The second-order valence-corrected chi connectivity index (χ2v) is 8.27. The summed E-state index contributed by atoms with van der Waals surface area (Å²) in [6.07, 6.45) is 6.84. The second kappa shape index (κ2) is 12.1. The maximum atomic E-state index is 12.6. The molecular weight excluding hydrogens is 348 g/mol. The molecule has 27 heavy (non-hydrogen) atoms. The van der Waals surface area contributed by atoms with Gasteiger partial charge in [0.15, 0.2) is 5.78 Å². The number of carbonyl (C=O) groups excluding carboxylic acids is 3. The maximum Gasteiger partial charge on any atom is 0.317 e. The normalized spacial score (nSPS) is 16.6. The van der Waals surface area contributed by atoms with E-state index in [2.05, 4.69) is 0 Å². The third-order valence-corrected chi connectivity index (χ3v) is 4.58. The van der Waals surface area contributed by atoms with Crippen molar-refractivity contribution in [3.05, 3.63) is 0 Å². The molecule has 0 aromatic carbocycles. The standard InChI is InChI=1S/C21H36O6/c1-5-26-19(23)13-9-12-17(20(24)27-21(2,3)4)18(22)15-25-14-16-10-7-6-8-11-16/h16-17H,5-15H2,1-4H3. The van der Waals surface area contributed by atoms with Gasteiger partial charge in [0.05, 0.1) is 6.61 Å². The first-order valence-corrected chi connectivity index (χ1v) is 10.2. The smallest absolute Gasteiger partial charge is 0.317 e. The zero-order valence-corrected chi connectivity index (χ0v) is 17.4. The van der Waals surface area contributed by atoms with Gasteiger partial charge >= 0.3 is 11.9 Å². The highest BCUT2D eigenvalue weighted by Gasteiger charge is 2.31. The summed E-state index contributed by atoms with van der Waals surface area (Å²) in [5.41, 5.74) is -0.667. The van der Waals surface area contributed by atoms with Crippen LogP contribution in [0.4, 0.5) is 0 Å². The molecule has 0 N–H and O–H groups in total. The average molecular weight is 385 g/mol. The van der Waals surface area contributed by atoms with Crippen molar-refractivity contribution in [1.82, 2.24) is 0 Å². The number of ether oxygens (including phenoxy) is 3. The summed E-state index contributed by atoms with van der Waals surface area (Å²) in [5, 5.41) is 0. The van der Waals surface area contributed by atoms with Crippen LogP contribution < -0.4 is 0 Å². The second-order valence-electron chi connectivity index (χ2n) is 8.27. The first kappa shape index (κ1) is 23.6. The van der Waals surface area contributed by atoms with Gasteiger partial charge in [0.2, 0.25) is 0 Å². The number of rotatable bonds is 11. The number of esters is 2. The van der Waals surface area contributed by atoms with Crippen molar-refractivity contribution in [1.29, 1.82) is 0 Å². The van der Waals surface area contributed by atoms with Crippen LogP contribution in [0.5, 0.6) is 0 Å². The Morgan fingerprint density at radius 3 is 2.33 bits per heavy atom. The third-order valence-electron chi connectivity index (χ3n) is 4.58. The predicted octanol–water partition coefficient (Wildman–Crippen LogP) is 3.84. The summed E-state index contributed by atoms with van der Waals surface area (Å²) in [7, 11) is 0. The highest BCUT2D eigenvalue weighted by Crippen LogP contribution is 2.24. The van der Waals surface area contributed by atoms with E-state index in [0.717, 1.165) is 12.8 Å². The summed E-state index contributed by atoms with van der Waals surface area (Å²) in [6, 6.07) is 0. The molecule has 0 aromatic heterocycles. The molecule has 6 heteroatoms. The summed E-state index contributed by atoms with van der Waals surface area (Å²) in [6.45, 7) is 7.85. The Bertz CT molecular complexity index is 474. The Kier molecular flexibility index (Phi) is 10.6.